The molecule has 0 saturated heterocycles. The van der Waals surface area contributed by atoms with Crippen LogP contribution in [0.1, 0.15) is 25.0 Å². The zero-order valence-electron chi connectivity index (χ0n) is 10.8. The Labute approximate surface area is 123 Å². The first-order chi connectivity index (χ1) is 8.65. The molecule has 0 fully saturated rings. The van der Waals surface area contributed by atoms with E-state index in [9.17, 15) is 0 Å². The second-order valence-electron chi connectivity index (χ2n) is 3.96. The second-order valence-corrected chi connectivity index (χ2v) is 5.31. The average molecular weight is 326 g/mol. The first kappa shape index (κ1) is 15.3. The number of hydrogen-bond acceptors (Lipinski definition) is 0. The Morgan fingerprint density at radius 2 is 1.17 bits per heavy atom. The number of aryl methyl sites for hydroxylation is 2. The van der Waals surface area contributed by atoms with Gasteiger partial charge in [-0.15, -0.1) is 0 Å². The van der Waals surface area contributed by atoms with Gasteiger partial charge in [0, 0.05) is 9.50 Å². The molecule has 0 bridgehead atoms. The van der Waals surface area contributed by atoms with Gasteiger partial charge < -0.3 is 0 Å². The number of benzene rings is 2. The molecule has 0 spiro atoms. The molecule has 0 radical (unpaired) electrons. The molecule has 0 aromatic heterocycles. The van der Waals surface area contributed by atoms with Crippen LogP contribution in [0.3, 0.4) is 0 Å². The highest BCUT2D eigenvalue weighted by atomic mass is 79.9. The summed E-state index contributed by atoms with van der Waals surface area (Å²) in [6, 6.07) is 16.3. The van der Waals surface area contributed by atoms with Crippen LogP contribution in [0, 0.1) is 0 Å². The van der Waals surface area contributed by atoms with Crippen LogP contribution in [0.4, 0.5) is 0 Å². The van der Waals surface area contributed by atoms with Gasteiger partial charge in [0.15, 0.2) is 0 Å². The molecule has 96 valence electrons. The standard InChI is InChI=1S/C8H9Br.C8H9Cl/c2*1-2-7-3-5-8(9)6-4-7/h2*3-6H,2H2,1H3. The third-order valence-corrected chi connectivity index (χ3v) is 3.42. The van der Waals surface area contributed by atoms with E-state index in [-0.39, 0.29) is 0 Å². The van der Waals surface area contributed by atoms with Gasteiger partial charge in [0.05, 0.1) is 0 Å². The van der Waals surface area contributed by atoms with Crippen molar-refractivity contribution < 1.29 is 0 Å². The summed E-state index contributed by atoms with van der Waals surface area (Å²) in [6.45, 7) is 4.28. The van der Waals surface area contributed by atoms with Crippen LogP contribution in [-0.4, -0.2) is 0 Å². The monoisotopic (exact) mass is 324 g/mol. The smallest absolute Gasteiger partial charge is 0.0406 e. The fourth-order valence-electron chi connectivity index (χ4n) is 1.44. The van der Waals surface area contributed by atoms with Crippen LogP contribution < -0.4 is 0 Å². The van der Waals surface area contributed by atoms with E-state index in [1.165, 1.54) is 11.1 Å². The maximum absolute atomic E-state index is 5.67. The molecular weight excluding hydrogens is 308 g/mol. The topological polar surface area (TPSA) is 0 Å². The number of halogens is 2. The third-order valence-electron chi connectivity index (χ3n) is 2.64. The molecule has 2 heteroatoms. The van der Waals surface area contributed by atoms with Crippen molar-refractivity contribution in [2.24, 2.45) is 0 Å². The summed E-state index contributed by atoms with van der Waals surface area (Å²) in [7, 11) is 0. The second kappa shape index (κ2) is 8.34. The van der Waals surface area contributed by atoms with E-state index in [0.717, 1.165) is 22.3 Å². The number of hydrogen-bond donors (Lipinski definition) is 0. The van der Waals surface area contributed by atoms with E-state index in [4.69, 9.17) is 11.6 Å². The Morgan fingerprint density at radius 3 is 1.56 bits per heavy atom. The molecular formula is C16H18BrCl. The third kappa shape index (κ3) is 5.70. The summed E-state index contributed by atoms with van der Waals surface area (Å²) in [5, 5.41) is 0.812. The predicted molar refractivity (Wildman–Crippen MR) is 84.4 cm³/mol. The quantitative estimate of drug-likeness (QED) is 0.643. The van der Waals surface area contributed by atoms with Gasteiger partial charge >= 0.3 is 0 Å². The van der Waals surface area contributed by atoms with Gasteiger partial charge in [-0.3, -0.25) is 0 Å². The Bertz CT molecular complexity index is 400. The Morgan fingerprint density at radius 1 is 0.778 bits per heavy atom. The van der Waals surface area contributed by atoms with Crippen molar-refractivity contribution in [3.05, 3.63) is 69.2 Å². The van der Waals surface area contributed by atoms with Gasteiger partial charge in [0.25, 0.3) is 0 Å². The normalized spacial score (nSPS) is 9.56. The van der Waals surface area contributed by atoms with Crippen molar-refractivity contribution in [3.63, 3.8) is 0 Å². The van der Waals surface area contributed by atoms with E-state index in [1.807, 2.05) is 24.3 Å². The van der Waals surface area contributed by atoms with Crippen LogP contribution in [0.25, 0.3) is 0 Å². The lowest BCUT2D eigenvalue weighted by Gasteiger charge is -1.93. The van der Waals surface area contributed by atoms with E-state index in [1.54, 1.807) is 0 Å². The Balaban J connectivity index is 0.000000180. The summed E-state index contributed by atoms with van der Waals surface area (Å²) < 4.78 is 1.15. The van der Waals surface area contributed by atoms with Crippen LogP contribution in [0.5, 0.6) is 0 Å². The SMILES string of the molecule is CCc1ccc(Br)cc1.CCc1ccc(Cl)cc1. The maximum Gasteiger partial charge on any atom is 0.0406 e. The van der Waals surface area contributed by atoms with Crippen molar-refractivity contribution in [1.29, 1.82) is 0 Å². The Hall–Kier alpha value is -0.790. The molecule has 18 heavy (non-hydrogen) atoms. The molecule has 0 atom stereocenters. The molecule has 0 aliphatic carbocycles. The van der Waals surface area contributed by atoms with E-state index in [0.29, 0.717) is 0 Å². The molecule has 0 amide bonds. The zero-order chi connectivity index (χ0) is 13.4. The van der Waals surface area contributed by atoms with Crippen molar-refractivity contribution in [3.8, 4) is 0 Å². The maximum atomic E-state index is 5.67. The van der Waals surface area contributed by atoms with Gasteiger partial charge in [0.1, 0.15) is 0 Å². The van der Waals surface area contributed by atoms with Crippen molar-refractivity contribution >= 4 is 27.5 Å². The molecule has 0 nitrogen and oxygen atoms in total. The minimum absolute atomic E-state index is 0.812. The largest absolute Gasteiger partial charge is 0.0843 e. The minimum Gasteiger partial charge on any atom is -0.0843 e. The molecule has 0 N–H and O–H groups in total. The highest BCUT2D eigenvalue weighted by molar-refractivity contribution is 9.10. The van der Waals surface area contributed by atoms with Crippen LogP contribution in [0.15, 0.2) is 53.0 Å². The van der Waals surface area contributed by atoms with E-state index in [2.05, 4.69) is 54.0 Å². The molecule has 0 unspecified atom stereocenters. The highest BCUT2D eigenvalue weighted by Crippen LogP contribution is 2.10. The highest BCUT2D eigenvalue weighted by Gasteiger charge is 1.87. The molecule has 2 aromatic carbocycles. The predicted octanol–water partition coefficient (Wildman–Crippen LogP) is 5.91. The van der Waals surface area contributed by atoms with Crippen LogP contribution in [0.2, 0.25) is 5.02 Å². The molecule has 2 rings (SSSR count). The zero-order valence-corrected chi connectivity index (χ0v) is 13.1. The fraction of sp³-hybridized carbons (Fsp3) is 0.250. The lowest BCUT2D eigenvalue weighted by Crippen LogP contribution is -1.75. The van der Waals surface area contributed by atoms with Crippen LogP contribution in [-0.2, 0) is 12.8 Å². The summed E-state index contributed by atoms with van der Waals surface area (Å²) in [5.74, 6) is 0. The summed E-state index contributed by atoms with van der Waals surface area (Å²) in [6.07, 6.45) is 2.20. The van der Waals surface area contributed by atoms with E-state index < -0.39 is 0 Å². The van der Waals surface area contributed by atoms with Gasteiger partial charge in [-0.2, -0.15) is 0 Å². The van der Waals surface area contributed by atoms with Gasteiger partial charge in [0.2, 0.25) is 0 Å². The van der Waals surface area contributed by atoms with Crippen LogP contribution >= 0.6 is 27.5 Å². The first-order valence-electron chi connectivity index (χ1n) is 6.14. The van der Waals surface area contributed by atoms with Gasteiger partial charge in [-0.1, -0.05) is 65.6 Å². The lowest BCUT2D eigenvalue weighted by molar-refractivity contribution is 1.14. The number of rotatable bonds is 2. The van der Waals surface area contributed by atoms with Gasteiger partial charge in [-0.05, 0) is 48.2 Å². The van der Waals surface area contributed by atoms with Gasteiger partial charge in [-0.25, -0.2) is 0 Å². The summed E-state index contributed by atoms with van der Waals surface area (Å²) >= 11 is 9.04. The molecule has 0 aliphatic rings. The van der Waals surface area contributed by atoms with Crippen molar-refractivity contribution in [2.45, 2.75) is 26.7 Å². The molecule has 0 aliphatic heterocycles. The van der Waals surface area contributed by atoms with Crippen molar-refractivity contribution in [2.75, 3.05) is 0 Å². The molecule has 0 saturated carbocycles. The summed E-state index contributed by atoms with van der Waals surface area (Å²) in [4.78, 5) is 0. The lowest BCUT2D eigenvalue weighted by atomic mass is 10.2. The minimum atomic E-state index is 0.812. The first-order valence-corrected chi connectivity index (χ1v) is 7.31. The fourth-order valence-corrected chi connectivity index (χ4v) is 1.83. The van der Waals surface area contributed by atoms with E-state index >= 15 is 0 Å². The molecule has 2 aromatic rings. The van der Waals surface area contributed by atoms with Crippen molar-refractivity contribution in [1.82, 2.24) is 0 Å². The summed E-state index contributed by atoms with van der Waals surface area (Å²) in [5.41, 5.74) is 2.72. The molecule has 0 heterocycles. The average Bonchev–Trinajstić information content (AvgIpc) is 2.41. The Kier molecular flexibility index (Phi) is 7.07.